The third-order valence-electron chi connectivity index (χ3n) is 4.74. The van der Waals surface area contributed by atoms with E-state index in [1.165, 1.54) is 0 Å². The van der Waals surface area contributed by atoms with Crippen molar-refractivity contribution in [1.29, 1.82) is 0 Å². The van der Waals surface area contributed by atoms with Crippen LogP contribution in [0.25, 0.3) is 0 Å². The van der Waals surface area contributed by atoms with Gasteiger partial charge >= 0.3 is 0 Å². The third kappa shape index (κ3) is 4.72. The molecule has 2 aliphatic carbocycles. The van der Waals surface area contributed by atoms with Crippen molar-refractivity contribution in [1.82, 2.24) is 10.6 Å². The molecule has 4 nitrogen and oxygen atoms in total. The van der Waals surface area contributed by atoms with E-state index in [9.17, 15) is 9.59 Å². The molecule has 0 aromatic carbocycles. The van der Waals surface area contributed by atoms with Crippen LogP contribution in [0, 0.1) is 11.8 Å². The molecule has 22 heavy (non-hydrogen) atoms. The highest BCUT2D eigenvalue weighted by Crippen LogP contribution is 2.16. The Hall–Kier alpha value is -1.58. The lowest BCUT2D eigenvalue weighted by atomic mass is 9.92. The number of carbonyl (C=O) groups excluding carboxylic acids is 2. The molecule has 0 aromatic heterocycles. The molecule has 0 heterocycles. The van der Waals surface area contributed by atoms with Gasteiger partial charge in [0.15, 0.2) is 0 Å². The van der Waals surface area contributed by atoms with Crippen molar-refractivity contribution in [2.45, 2.75) is 64.5 Å². The average Bonchev–Trinajstić information content (AvgIpc) is 2.55. The normalized spacial score (nSPS) is 27.0. The number of nitrogens with one attached hydrogen (secondary N) is 2. The van der Waals surface area contributed by atoms with E-state index in [0.29, 0.717) is 0 Å². The summed E-state index contributed by atoms with van der Waals surface area (Å²) >= 11 is 0. The highest BCUT2D eigenvalue weighted by Gasteiger charge is 2.28. The Bertz CT molecular complexity index is 414. The van der Waals surface area contributed by atoms with Gasteiger partial charge in [-0.3, -0.25) is 9.59 Å². The molecule has 0 unspecified atom stereocenters. The molecule has 0 saturated carbocycles. The van der Waals surface area contributed by atoms with Crippen LogP contribution < -0.4 is 10.6 Å². The summed E-state index contributed by atoms with van der Waals surface area (Å²) in [6.07, 6.45) is 14.7. The minimum Gasteiger partial charge on any atom is -0.350 e. The summed E-state index contributed by atoms with van der Waals surface area (Å²) in [5, 5.41) is 6.08. The van der Waals surface area contributed by atoms with E-state index in [1.807, 2.05) is 13.8 Å². The van der Waals surface area contributed by atoms with Crippen molar-refractivity contribution in [3.05, 3.63) is 24.3 Å². The van der Waals surface area contributed by atoms with E-state index in [4.69, 9.17) is 0 Å². The summed E-state index contributed by atoms with van der Waals surface area (Å²) in [6, 6.07) is 0.250. The highest BCUT2D eigenvalue weighted by atomic mass is 16.2. The van der Waals surface area contributed by atoms with E-state index in [1.54, 1.807) is 0 Å². The average molecular weight is 304 g/mol. The third-order valence-corrected chi connectivity index (χ3v) is 4.74. The number of rotatable bonds is 5. The number of allylic oxidation sites excluding steroid dienone is 2. The molecule has 2 rings (SSSR count). The van der Waals surface area contributed by atoms with Crippen LogP contribution in [-0.4, -0.2) is 23.9 Å². The Morgan fingerprint density at radius 1 is 0.864 bits per heavy atom. The van der Waals surface area contributed by atoms with Gasteiger partial charge in [-0.1, -0.05) is 38.2 Å². The van der Waals surface area contributed by atoms with Crippen molar-refractivity contribution >= 4 is 11.8 Å². The quantitative estimate of drug-likeness (QED) is 0.767. The maximum absolute atomic E-state index is 12.3. The topological polar surface area (TPSA) is 58.2 Å². The fourth-order valence-corrected chi connectivity index (χ4v) is 2.95. The first-order valence-electron chi connectivity index (χ1n) is 8.52. The summed E-state index contributed by atoms with van der Waals surface area (Å²) < 4.78 is 0. The molecular formula is C18H28N2O2. The lowest BCUT2D eigenvalue weighted by Crippen LogP contribution is -2.45. The Kier molecular flexibility index (Phi) is 6.22. The predicted octanol–water partition coefficient (Wildman–Crippen LogP) is 2.71. The zero-order valence-corrected chi connectivity index (χ0v) is 13.7. The summed E-state index contributed by atoms with van der Waals surface area (Å²) in [4.78, 5) is 24.6. The molecule has 122 valence electrons. The molecule has 4 heteroatoms. The van der Waals surface area contributed by atoms with Crippen LogP contribution >= 0.6 is 0 Å². The fraction of sp³-hybridized carbons (Fsp3) is 0.667. The molecule has 2 N–H and O–H groups in total. The van der Waals surface area contributed by atoms with Gasteiger partial charge in [0.05, 0.1) is 0 Å². The first-order chi connectivity index (χ1) is 10.6. The van der Waals surface area contributed by atoms with Gasteiger partial charge in [-0.2, -0.15) is 0 Å². The van der Waals surface area contributed by atoms with Gasteiger partial charge in [0.2, 0.25) is 11.8 Å². The zero-order chi connectivity index (χ0) is 15.9. The number of hydrogen-bond acceptors (Lipinski definition) is 2. The van der Waals surface area contributed by atoms with E-state index >= 15 is 0 Å². The Morgan fingerprint density at radius 3 is 1.59 bits per heavy atom. The minimum absolute atomic E-state index is 0.0293. The second kappa shape index (κ2) is 8.16. The van der Waals surface area contributed by atoms with Crippen LogP contribution in [0.2, 0.25) is 0 Å². The Balaban J connectivity index is 1.82. The van der Waals surface area contributed by atoms with E-state index < -0.39 is 0 Å². The van der Waals surface area contributed by atoms with Crippen LogP contribution in [-0.2, 0) is 9.59 Å². The smallest absolute Gasteiger partial charge is 0.224 e. The van der Waals surface area contributed by atoms with Crippen molar-refractivity contribution < 1.29 is 9.59 Å². The number of hydrogen-bond donors (Lipinski definition) is 2. The SMILES string of the molecule is C[C@H](C(=O)N[C@@H]1C=CCCC1)[C@@H](C)C(=O)N[C@@H]1C=CCCC1. The molecule has 0 saturated heterocycles. The van der Waals surface area contributed by atoms with E-state index in [-0.39, 0.29) is 35.7 Å². The second-order valence-corrected chi connectivity index (χ2v) is 6.53. The number of carbonyl (C=O) groups is 2. The lowest BCUT2D eigenvalue weighted by molar-refractivity contribution is -0.134. The van der Waals surface area contributed by atoms with E-state index in [0.717, 1.165) is 38.5 Å². The second-order valence-electron chi connectivity index (χ2n) is 6.53. The summed E-state index contributed by atoms with van der Waals surface area (Å²) in [5.41, 5.74) is 0. The molecule has 0 fully saturated rings. The van der Waals surface area contributed by atoms with Gasteiger partial charge < -0.3 is 10.6 Å². The van der Waals surface area contributed by atoms with Gasteiger partial charge in [0.1, 0.15) is 0 Å². The maximum Gasteiger partial charge on any atom is 0.224 e. The standard InChI is InChI=1S/C18H28N2O2/c1-13(17(21)19-15-9-5-3-6-10-15)14(2)18(22)20-16-11-7-4-8-12-16/h5,7,9,11,13-16H,3-4,6,8,10,12H2,1-2H3,(H,19,21)(H,20,22)/t13-,14+,15-,16-/m1/s1. The molecule has 0 spiro atoms. The molecule has 2 amide bonds. The van der Waals surface area contributed by atoms with Crippen LogP contribution in [0.3, 0.4) is 0 Å². The van der Waals surface area contributed by atoms with Gasteiger partial charge in [0.25, 0.3) is 0 Å². The van der Waals surface area contributed by atoms with Gasteiger partial charge in [0, 0.05) is 23.9 Å². The minimum atomic E-state index is -0.317. The fourth-order valence-electron chi connectivity index (χ4n) is 2.95. The molecule has 0 aromatic rings. The van der Waals surface area contributed by atoms with Crippen LogP contribution in [0.5, 0.6) is 0 Å². The lowest BCUT2D eigenvalue weighted by Gasteiger charge is -2.25. The zero-order valence-electron chi connectivity index (χ0n) is 13.7. The van der Waals surface area contributed by atoms with Crippen LogP contribution in [0.15, 0.2) is 24.3 Å². The molecule has 2 aliphatic rings. The molecule has 0 radical (unpaired) electrons. The Labute approximate surface area is 133 Å². The Morgan fingerprint density at radius 2 is 1.27 bits per heavy atom. The summed E-state index contributed by atoms with van der Waals surface area (Å²) in [7, 11) is 0. The summed E-state index contributed by atoms with van der Waals surface area (Å²) in [5.74, 6) is -0.692. The highest BCUT2D eigenvalue weighted by molar-refractivity contribution is 5.87. The first kappa shape index (κ1) is 16.8. The largest absolute Gasteiger partial charge is 0.350 e. The number of amides is 2. The molecular weight excluding hydrogens is 276 g/mol. The van der Waals surface area contributed by atoms with E-state index in [2.05, 4.69) is 34.9 Å². The molecule has 0 aliphatic heterocycles. The summed E-state index contributed by atoms with van der Waals surface area (Å²) in [6.45, 7) is 3.67. The predicted molar refractivity (Wildman–Crippen MR) is 88.2 cm³/mol. The van der Waals surface area contributed by atoms with Crippen molar-refractivity contribution in [2.75, 3.05) is 0 Å². The van der Waals surface area contributed by atoms with Crippen molar-refractivity contribution in [3.63, 3.8) is 0 Å². The van der Waals surface area contributed by atoms with Crippen molar-refractivity contribution in [2.24, 2.45) is 11.8 Å². The van der Waals surface area contributed by atoms with Crippen LogP contribution in [0.1, 0.15) is 52.4 Å². The van der Waals surface area contributed by atoms with Crippen LogP contribution in [0.4, 0.5) is 0 Å². The maximum atomic E-state index is 12.3. The monoisotopic (exact) mass is 304 g/mol. The first-order valence-corrected chi connectivity index (χ1v) is 8.52. The van der Waals surface area contributed by atoms with Gasteiger partial charge in [-0.25, -0.2) is 0 Å². The molecule has 0 bridgehead atoms. The van der Waals surface area contributed by atoms with Gasteiger partial charge in [-0.15, -0.1) is 0 Å². The van der Waals surface area contributed by atoms with Gasteiger partial charge in [-0.05, 0) is 38.5 Å². The molecule has 4 atom stereocenters. The van der Waals surface area contributed by atoms with Crippen molar-refractivity contribution in [3.8, 4) is 0 Å².